The maximum Gasteiger partial charge on any atom is 0.673 e. The predicted molar refractivity (Wildman–Crippen MR) is 261 cm³/mol. The molecule has 0 aromatic heterocycles. The van der Waals surface area contributed by atoms with E-state index in [1.54, 1.807) is 0 Å². The van der Waals surface area contributed by atoms with Crippen molar-refractivity contribution in [1.29, 1.82) is 0 Å². The molecule has 331 valence electrons. The molecule has 0 spiro atoms. The van der Waals surface area contributed by atoms with Gasteiger partial charge in [0.15, 0.2) is 6.29 Å². The van der Waals surface area contributed by atoms with Crippen LogP contribution in [0, 0.1) is 0 Å². The van der Waals surface area contributed by atoms with Crippen molar-refractivity contribution in [2.45, 2.75) is 69.1 Å². The van der Waals surface area contributed by atoms with Gasteiger partial charge in [-0.25, -0.2) is 0 Å². The third-order valence-electron chi connectivity index (χ3n) is 10.9. The zero-order chi connectivity index (χ0) is 43.8. The van der Waals surface area contributed by atoms with Crippen molar-refractivity contribution in [3.63, 3.8) is 0 Å². The van der Waals surface area contributed by atoms with Crippen molar-refractivity contribution in [2.75, 3.05) is 6.61 Å². The van der Waals surface area contributed by atoms with Gasteiger partial charge in [-0.2, -0.15) is 0 Å². The molecule has 2 aliphatic rings. The van der Waals surface area contributed by atoms with Crippen LogP contribution in [0.5, 0.6) is 0 Å². The van der Waals surface area contributed by atoms with Crippen LogP contribution >= 0.6 is 15.8 Å². The van der Waals surface area contributed by atoms with Crippen molar-refractivity contribution >= 4 is 63.0 Å². The van der Waals surface area contributed by atoms with Gasteiger partial charge in [-0.15, -0.1) is 0 Å². The third-order valence-corrected chi connectivity index (χ3v) is 21.9. The van der Waals surface area contributed by atoms with Gasteiger partial charge < -0.3 is 26.4 Å². The monoisotopic (exact) mass is 992 g/mol. The van der Waals surface area contributed by atoms with Crippen LogP contribution in [0.1, 0.15) is 46.5 Å². The second-order valence-corrected chi connectivity index (χ2v) is 25.3. The van der Waals surface area contributed by atoms with Gasteiger partial charge in [0.05, 0.1) is 6.61 Å². The van der Waals surface area contributed by atoms with Gasteiger partial charge in [0, 0.05) is 30.8 Å². The molecule has 2 nitrogen and oxygen atoms in total. The number of benzene rings is 6. The molecule has 63 heavy (non-hydrogen) atoms. The van der Waals surface area contributed by atoms with Crippen LogP contribution in [0.2, 0.25) is 5.04 Å². The summed E-state index contributed by atoms with van der Waals surface area (Å²) >= 11 is 0. The largest absolute Gasteiger partial charge is 0.673 e. The number of ether oxygens (including phenoxy) is 1. The summed E-state index contributed by atoms with van der Waals surface area (Å²) in [4.78, 5) is 0. The first-order chi connectivity index (χ1) is 30.0. The summed E-state index contributed by atoms with van der Waals surface area (Å²) in [5, 5.41) is 7.85. The van der Waals surface area contributed by atoms with Gasteiger partial charge in [0.2, 0.25) is 0 Å². The average Bonchev–Trinajstić information content (AvgIpc) is 3.66. The quantitative estimate of drug-likeness (QED) is 0.0589. The van der Waals surface area contributed by atoms with Gasteiger partial charge in [-0.05, 0) is 78.2 Å². The van der Waals surface area contributed by atoms with Gasteiger partial charge >= 0.3 is 7.25 Å². The molecule has 0 bridgehead atoms. The number of hydrogen-bond acceptors (Lipinski definition) is 2. The maximum atomic E-state index is 9.75. The van der Waals surface area contributed by atoms with E-state index in [9.17, 15) is 17.3 Å². The first-order valence-electron chi connectivity index (χ1n) is 21.3. The van der Waals surface area contributed by atoms with Crippen molar-refractivity contribution in [1.82, 2.24) is 0 Å². The Balaban J connectivity index is 0.000000463. The Morgan fingerprint density at radius 1 is 0.492 bits per heavy atom. The fourth-order valence-electron chi connectivity index (χ4n) is 8.30. The second-order valence-electron chi connectivity index (χ2n) is 16.2. The molecule has 1 fully saturated rings. The minimum Gasteiger partial charge on any atom is -0.418 e. The van der Waals surface area contributed by atoms with Gasteiger partial charge in [0.1, 0.15) is 0 Å². The second kappa shape index (κ2) is 24.5. The molecule has 1 aliphatic heterocycles. The number of rotatable bonds is 10. The smallest absolute Gasteiger partial charge is 0.418 e. The summed E-state index contributed by atoms with van der Waals surface area (Å²) in [5.41, 5.74) is 0.336. The van der Waals surface area contributed by atoms with E-state index in [0.717, 1.165) is 0 Å². The number of allylic oxidation sites excluding steroid dienone is 4. The Morgan fingerprint density at radius 2 is 0.778 bits per heavy atom. The van der Waals surface area contributed by atoms with Crippen LogP contribution in [-0.4, -0.2) is 39.8 Å². The molecule has 1 saturated heterocycles. The number of halogens is 4. The van der Waals surface area contributed by atoms with Crippen LogP contribution in [0.15, 0.2) is 206 Å². The number of hydrogen-bond donors (Lipinski definition) is 0. The molecule has 11 heteroatoms. The van der Waals surface area contributed by atoms with Gasteiger partial charge in [-0.3, -0.25) is 0 Å². The first-order valence-corrected chi connectivity index (χ1v) is 26.1. The fraction of sp³-hybridized carbons (Fsp3) is 0.231. The van der Waals surface area contributed by atoms with E-state index in [1.807, 2.05) is 0 Å². The molecule has 1 radical (unpaired) electrons. The minimum atomic E-state index is -6.00. The molecule has 0 saturated carbocycles. The van der Waals surface area contributed by atoms with Crippen LogP contribution in [-0.2, 0) is 28.6 Å². The summed E-state index contributed by atoms with van der Waals surface area (Å²) in [7, 11) is -10.6. The van der Waals surface area contributed by atoms with Gasteiger partial charge in [0.25, 0.3) is 8.32 Å². The summed E-state index contributed by atoms with van der Waals surface area (Å²) in [6, 6.07) is 66.6. The van der Waals surface area contributed by atoms with Crippen LogP contribution in [0.25, 0.3) is 0 Å². The van der Waals surface area contributed by atoms with E-state index in [2.05, 4.69) is 227 Å². The molecule has 6 aromatic carbocycles. The van der Waals surface area contributed by atoms with Crippen molar-refractivity contribution in [2.24, 2.45) is 0 Å². The molecule has 0 unspecified atom stereocenters. The van der Waals surface area contributed by atoms with Crippen molar-refractivity contribution in [3.8, 4) is 0 Å². The molecule has 0 amide bonds. The molecule has 8 rings (SSSR count). The predicted octanol–water partition coefficient (Wildman–Crippen LogP) is 11.9. The van der Waals surface area contributed by atoms with E-state index < -0.39 is 37.7 Å². The molecule has 1 aliphatic carbocycles. The molecule has 0 N–H and O–H groups in total. The van der Waals surface area contributed by atoms with Crippen LogP contribution < -0.4 is 31.6 Å². The zero-order valence-corrected chi connectivity index (χ0v) is 40.5. The van der Waals surface area contributed by atoms with E-state index in [0.29, 0.717) is 6.61 Å². The Labute approximate surface area is 388 Å². The summed E-state index contributed by atoms with van der Waals surface area (Å²) in [6.07, 6.45) is 13.6. The fourth-order valence-corrected chi connectivity index (χ4v) is 19.3. The summed E-state index contributed by atoms with van der Waals surface area (Å²) in [5.74, 6) is 0. The molecular weight excluding hydrogens is 936 g/mol. The van der Waals surface area contributed by atoms with E-state index in [4.69, 9.17) is 9.16 Å². The van der Waals surface area contributed by atoms with Crippen LogP contribution in [0.4, 0.5) is 17.3 Å². The maximum absolute atomic E-state index is 9.75. The SMILES string of the molecule is C1=C\CC/C=C\CC/1.CC(C)(C)[Si](O[C@H]1OC[C@@H](P(c2ccccc2)c2ccccc2)[C@@H]1P(c1ccccc1)c1ccccc1)(c1ccccc1)c1ccccc1.F[B-](F)(F)F.[Rh]. The average molecular weight is 993 g/mol. The molecule has 3 atom stereocenters. The van der Waals surface area contributed by atoms with E-state index >= 15 is 0 Å². The normalized spacial score (nSPS) is 18.7. The van der Waals surface area contributed by atoms with E-state index in [-0.39, 0.29) is 35.8 Å². The molecular formula is C52H56BF4O2P2RhSi-. The Bertz CT molecular complexity index is 2100. The van der Waals surface area contributed by atoms with E-state index in [1.165, 1.54) is 57.3 Å². The van der Waals surface area contributed by atoms with Crippen LogP contribution in [0.3, 0.4) is 0 Å². The van der Waals surface area contributed by atoms with Crippen molar-refractivity contribution < 1.29 is 45.9 Å². The van der Waals surface area contributed by atoms with Gasteiger partial charge in [-0.1, -0.05) is 227 Å². The Hall–Kier alpha value is -3.79. The standard InChI is InChI=1S/C44H44O2P2Si.C8H12.BF4.Rh/c1-44(2,3)49(39-30-18-8-19-31-39,40-32-20-9-21-33-40)46-43-42(48(37-26-14-6-15-27-37)38-28-16-7-17-29-38)41(34-45-43)47(35-22-10-4-11-23-35)36-24-12-5-13-25-36;1-2-4-6-8-7-5-3-1;2-1(3,4)5;/h4-33,41-43H,34H2,1-3H3;1-2,7-8H,3-6H2;;/q;;-1;/b;2-1-,8-7-;;/t41-,42+,43-;;;/m1.../s1. The third kappa shape index (κ3) is 13.9. The summed E-state index contributed by atoms with van der Waals surface area (Å²) in [6.45, 7) is 7.72. The summed E-state index contributed by atoms with van der Waals surface area (Å²) < 4.78 is 54.1. The Morgan fingerprint density at radius 3 is 1.08 bits per heavy atom. The molecule has 1 heterocycles. The first kappa shape index (κ1) is 50.2. The minimum absolute atomic E-state index is 0. The Kier molecular flexibility index (Phi) is 19.5. The molecule has 6 aromatic rings. The zero-order valence-electron chi connectivity index (χ0n) is 36.0. The topological polar surface area (TPSA) is 18.5 Å². The van der Waals surface area contributed by atoms with Crippen molar-refractivity contribution in [3.05, 3.63) is 206 Å².